The lowest BCUT2D eigenvalue weighted by Crippen LogP contribution is -1.83. The Morgan fingerprint density at radius 3 is 2.83 bits per heavy atom. The number of hydrogen-bond acceptors (Lipinski definition) is 1. The van der Waals surface area contributed by atoms with Gasteiger partial charge in [0.05, 0.1) is 0 Å². The number of aryl methyl sites for hydroxylation is 1. The summed E-state index contributed by atoms with van der Waals surface area (Å²) in [5.41, 5.74) is 1.44. The summed E-state index contributed by atoms with van der Waals surface area (Å²) in [5.74, 6) is 4.44. The molecule has 0 atom stereocenters. The van der Waals surface area contributed by atoms with Crippen LogP contribution >= 0.6 is 0 Å². The van der Waals surface area contributed by atoms with Crippen LogP contribution in [0.3, 0.4) is 0 Å². The third-order valence-electron chi connectivity index (χ3n) is 1.45. The van der Waals surface area contributed by atoms with Gasteiger partial charge in [-0.05, 0) is 24.6 Å². The molecular weight excluding hydrogens is 153 g/mol. The van der Waals surface area contributed by atoms with Gasteiger partial charge in [0.2, 0.25) is 0 Å². The molecule has 58 valence electrons. The molecule has 2 heteroatoms. The number of benzene rings is 1. The average Bonchev–Trinajstić information content (AvgIpc) is 2.07. The van der Waals surface area contributed by atoms with E-state index in [4.69, 9.17) is 5.26 Å². The van der Waals surface area contributed by atoms with Crippen molar-refractivity contribution in [2.24, 2.45) is 0 Å². The van der Waals surface area contributed by atoms with Crippen LogP contribution in [0, 0.1) is 35.9 Å². The molecule has 0 unspecified atom stereocenters. The van der Waals surface area contributed by atoms with E-state index in [-0.39, 0.29) is 5.82 Å². The molecule has 0 fully saturated rings. The maximum atomic E-state index is 12.6. The number of halogens is 1. The normalized spacial score (nSPS) is 8.08. The molecular formula is C10H6FN. The van der Waals surface area contributed by atoms with Crippen LogP contribution in [0.1, 0.15) is 11.1 Å². The zero-order chi connectivity index (χ0) is 8.97. The van der Waals surface area contributed by atoms with E-state index >= 15 is 0 Å². The van der Waals surface area contributed by atoms with Crippen molar-refractivity contribution in [3.63, 3.8) is 0 Å². The molecule has 0 aromatic heterocycles. The summed E-state index contributed by atoms with van der Waals surface area (Å²) in [6.45, 7) is 1.82. The van der Waals surface area contributed by atoms with E-state index in [1.165, 1.54) is 12.1 Å². The van der Waals surface area contributed by atoms with Crippen molar-refractivity contribution in [3.05, 3.63) is 35.1 Å². The van der Waals surface area contributed by atoms with Crippen LogP contribution in [-0.2, 0) is 0 Å². The van der Waals surface area contributed by atoms with Gasteiger partial charge in [-0.2, -0.15) is 5.26 Å². The third-order valence-corrected chi connectivity index (χ3v) is 1.45. The molecule has 0 radical (unpaired) electrons. The fourth-order valence-corrected chi connectivity index (χ4v) is 0.824. The van der Waals surface area contributed by atoms with Crippen molar-refractivity contribution >= 4 is 0 Å². The molecule has 0 N–H and O–H groups in total. The van der Waals surface area contributed by atoms with E-state index in [0.29, 0.717) is 5.56 Å². The first-order chi connectivity index (χ1) is 5.74. The van der Waals surface area contributed by atoms with Gasteiger partial charge in [0.15, 0.2) is 6.07 Å². The molecule has 1 nitrogen and oxygen atoms in total. The Hall–Kier alpha value is -1.80. The third kappa shape index (κ3) is 1.84. The van der Waals surface area contributed by atoms with Gasteiger partial charge < -0.3 is 0 Å². The summed E-state index contributed by atoms with van der Waals surface area (Å²) in [7, 11) is 0. The molecule has 0 aliphatic rings. The van der Waals surface area contributed by atoms with Crippen LogP contribution in [0.4, 0.5) is 4.39 Å². The van der Waals surface area contributed by atoms with Gasteiger partial charge in [0, 0.05) is 11.5 Å². The Labute approximate surface area is 70.4 Å². The standard InChI is InChI=1S/C10H6FN/c1-8-4-5-10(11)7-9(8)3-2-6-12/h4-5,7H,1H3. The molecule has 1 aromatic carbocycles. The van der Waals surface area contributed by atoms with Crippen LogP contribution in [0.5, 0.6) is 0 Å². The summed E-state index contributed by atoms with van der Waals surface area (Å²) >= 11 is 0. The predicted molar refractivity (Wildman–Crippen MR) is 43.6 cm³/mol. The quantitative estimate of drug-likeness (QED) is 0.531. The highest BCUT2D eigenvalue weighted by atomic mass is 19.1. The fraction of sp³-hybridized carbons (Fsp3) is 0.100. The zero-order valence-electron chi connectivity index (χ0n) is 6.56. The average molecular weight is 159 g/mol. The van der Waals surface area contributed by atoms with Crippen LogP contribution in [-0.4, -0.2) is 0 Å². The number of nitriles is 1. The molecule has 0 amide bonds. The van der Waals surface area contributed by atoms with Crippen molar-refractivity contribution in [1.29, 1.82) is 5.26 Å². The SMILES string of the molecule is Cc1ccc(F)cc1C#CC#N. The maximum absolute atomic E-state index is 12.6. The Morgan fingerprint density at radius 1 is 1.42 bits per heavy atom. The highest BCUT2D eigenvalue weighted by molar-refractivity contribution is 5.43. The maximum Gasteiger partial charge on any atom is 0.152 e. The lowest BCUT2D eigenvalue weighted by molar-refractivity contribution is 0.627. The molecule has 0 aliphatic heterocycles. The summed E-state index contributed by atoms with van der Waals surface area (Å²) in [5, 5.41) is 8.17. The molecule has 0 bridgehead atoms. The summed E-state index contributed by atoms with van der Waals surface area (Å²) in [6, 6.07) is 6.00. The van der Waals surface area contributed by atoms with E-state index in [1.54, 1.807) is 12.1 Å². The van der Waals surface area contributed by atoms with Gasteiger partial charge in [-0.15, -0.1) is 0 Å². The minimum absolute atomic E-state index is 0.331. The van der Waals surface area contributed by atoms with Gasteiger partial charge in [-0.3, -0.25) is 0 Å². The van der Waals surface area contributed by atoms with Gasteiger partial charge >= 0.3 is 0 Å². The molecule has 0 heterocycles. The first kappa shape index (κ1) is 8.30. The lowest BCUT2D eigenvalue weighted by Gasteiger charge is -1.95. The van der Waals surface area contributed by atoms with Gasteiger partial charge in [0.25, 0.3) is 0 Å². The topological polar surface area (TPSA) is 23.8 Å². The van der Waals surface area contributed by atoms with Crippen molar-refractivity contribution < 1.29 is 4.39 Å². The summed E-state index contributed by atoms with van der Waals surface area (Å²) in [4.78, 5) is 0. The van der Waals surface area contributed by atoms with E-state index in [0.717, 1.165) is 5.56 Å². The zero-order valence-corrected chi connectivity index (χ0v) is 6.56. The molecule has 1 rings (SSSR count). The Kier molecular flexibility index (Phi) is 2.46. The number of rotatable bonds is 0. The van der Waals surface area contributed by atoms with E-state index < -0.39 is 0 Å². The van der Waals surface area contributed by atoms with Gasteiger partial charge in [-0.25, -0.2) is 4.39 Å². The van der Waals surface area contributed by atoms with E-state index in [2.05, 4.69) is 11.8 Å². The van der Waals surface area contributed by atoms with E-state index in [1.807, 2.05) is 6.92 Å². The highest BCUT2D eigenvalue weighted by Gasteiger charge is 1.95. The second-order valence-corrected chi connectivity index (χ2v) is 2.32. The monoisotopic (exact) mass is 159 g/mol. The molecule has 0 saturated carbocycles. The Morgan fingerprint density at radius 2 is 2.17 bits per heavy atom. The fourth-order valence-electron chi connectivity index (χ4n) is 0.824. The largest absolute Gasteiger partial charge is 0.207 e. The minimum atomic E-state index is -0.331. The summed E-state index contributed by atoms with van der Waals surface area (Å²) < 4.78 is 12.6. The molecule has 12 heavy (non-hydrogen) atoms. The predicted octanol–water partition coefficient (Wildman–Crippen LogP) is 2.01. The molecule has 0 spiro atoms. The van der Waals surface area contributed by atoms with Crippen LogP contribution < -0.4 is 0 Å². The number of hydrogen-bond donors (Lipinski definition) is 0. The van der Waals surface area contributed by atoms with Gasteiger partial charge in [0.1, 0.15) is 5.82 Å². The second kappa shape index (κ2) is 3.55. The highest BCUT2D eigenvalue weighted by Crippen LogP contribution is 2.07. The minimum Gasteiger partial charge on any atom is -0.207 e. The van der Waals surface area contributed by atoms with Crippen LogP contribution in [0.15, 0.2) is 18.2 Å². The molecule has 0 aliphatic carbocycles. The first-order valence-corrected chi connectivity index (χ1v) is 3.40. The summed E-state index contributed by atoms with van der Waals surface area (Å²) in [6.07, 6.45) is 0. The van der Waals surface area contributed by atoms with Gasteiger partial charge in [-0.1, -0.05) is 12.0 Å². The van der Waals surface area contributed by atoms with Crippen molar-refractivity contribution in [2.45, 2.75) is 6.92 Å². The molecule has 0 saturated heterocycles. The van der Waals surface area contributed by atoms with Crippen molar-refractivity contribution in [1.82, 2.24) is 0 Å². The van der Waals surface area contributed by atoms with Crippen molar-refractivity contribution in [3.8, 4) is 17.9 Å². The smallest absolute Gasteiger partial charge is 0.152 e. The number of nitrogens with zero attached hydrogens (tertiary/aromatic N) is 1. The van der Waals surface area contributed by atoms with E-state index in [9.17, 15) is 4.39 Å². The first-order valence-electron chi connectivity index (χ1n) is 3.40. The van der Waals surface area contributed by atoms with Crippen molar-refractivity contribution in [2.75, 3.05) is 0 Å². The van der Waals surface area contributed by atoms with Crippen LogP contribution in [0.25, 0.3) is 0 Å². The molecule has 1 aromatic rings. The second-order valence-electron chi connectivity index (χ2n) is 2.32. The lowest BCUT2D eigenvalue weighted by atomic mass is 10.1. The Balaban J connectivity index is 3.16. The Bertz CT molecular complexity index is 391. The van der Waals surface area contributed by atoms with Crippen LogP contribution in [0.2, 0.25) is 0 Å².